The molecule has 0 saturated carbocycles. The molecule has 1 atom stereocenters. The first-order valence-electron chi connectivity index (χ1n) is 8.46. The van der Waals surface area contributed by atoms with Gasteiger partial charge < -0.3 is 5.32 Å². The van der Waals surface area contributed by atoms with Crippen LogP contribution in [0.3, 0.4) is 0 Å². The van der Waals surface area contributed by atoms with E-state index >= 15 is 0 Å². The topological polar surface area (TPSA) is 29.1 Å². The van der Waals surface area contributed by atoms with Gasteiger partial charge in [0, 0.05) is 15.8 Å². The molecule has 0 unspecified atom stereocenters. The normalized spacial score (nSPS) is 14.2. The number of amides is 1. The Balaban J connectivity index is 1.50. The number of aryl methyl sites for hydroxylation is 2. The van der Waals surface area contributed by atoms with Crippen LogP contribution in [0.4, 0.5) is 0 Å². The Morgan fingerprint density at radius 2 is 1.88 bits per heavy atom. The maximum Gasteiger partial charge on any atom is 0.230 e. The molecule has 0 saturated heterocycles. The highest BCUT2D eigenvalue weighted by Crippen LogP contribution is 2.28. The van der Waals surface area contributed by atoms with E-state index in [1.165, 1.54) is 41.3 Å². The average Bonchev–Trinajstić information content (AvgIpc) is 3.05. The second kappa shape index (κ2) is 8.48. The second-order valence-electron chi connectivity index (χ2n) is 6.36. The summed E-state index contributed by atoms with van der Waals surface area (Å²) in [6.45, 7) is 2.03. The van der Waals surface area contributed by atoms with Crippen LogP contribution in [-0.2, 0) is 23.4 Å². The summed E-state index contributed by atoms with van der Waals surface area (Å²) in [5.41, 5.74) is 4.94. The smallest absolute Gasteiger partial charge is 0.230 e. The molecule has 2 nitrogen and oxygen atoms in total. The molecule has 0 bridgehead atoms. The van der Waals surface area contributed by atoms with E-state index in [1.807, 2.05) is 25.1 Å². The Labute approximate surface area is 163 Å². The Morgan fingerprint density at radius 3 is 2.64 bits per heavy atom. The number of benzene rings is 2. The van der Waals surface area contributed by atoms with Gasteiger partial charge >= 0.3 is 0 Å². The van der Waals surface area contributed by atoms with Crippen LogP contribution in [0.2, 0.25) is 10.0 Å². The predicted molar refractivity (Wildman–Crippen MR) is 108 cm³/mol. The molecule has 0 aliphatic heterocycles. The second-order valence-corrected chi connectivity index (χ2v) is 8.16. The average molecular weight is 394 g/mol. The summed E-state index contributed by atoms with van der Waals surface area (Å²) in [7, 11) is 0. The number of halogens is 2. The third kappa shape index (κ3) is 4.72. The van der Waals surface area contributed by atoms with E-state index in [4.69, 9.17) is 23.2 Å². The zero-order valence-electron chi connectivity index (χ0n) is 14.1. The first-order chi connectivity index (χ1) is 12.0. The Kier molecular flexibility index (Phi) is 6.32. The fourth-order valence-electron chi connectivity index (χ4n) is 3.14. The summed E-state index contributed by atoms with van der Waals surface area (Å²) in [5, 5.41) is 4.37. The van der Waals surface area contributed by atoms with Crippen molar-refractivity contribution in [3.05, 3.63) is 68.7 Å². The standard InChI is InChI=1S/C20H21Cl2NOS/c1-13(15-9-8-14-4-2-5-16(14)10-15)23-20(24)12-25-11-17-18(21)6-3-7-19(17)22/h3,6-10,13H,2,4-5,11-12H2,1H3,(H,23,24)/t13-/m1/s1. The molecular formula is C20H21Cl2NOS. The van der Waals surface area contributed by atoms with Crippen LogP contribution in [0, 0.1) is 0 Å². The predicted octanol–water partition coefficient (Wildman–Crippen LogP) is 5.59. The number of fused-ring (bicyclic) bond motifs is 1. The molecule has 0 fully saturated rings. The van der Waals surface area contributed by atoms with Gasteiger partial charge in [-0.1, -0.05) is 47.5 Å². The minimum absolute atomic E-state index is 0.0166. The minimum Gasteiger partial charge on any atom is -0.349 e. The van der Waals surface area contributed by atoms with Gasteiger partial charge in [0.1, 0.15) is 0 Å². The van der Waals surface area contributed by atoms with E-state index < -0.39 is 0 Å². The summed E-state index contributed by atoms with van der Waals surface area (Å²) < 4.78 is 0. The van der Waals surface area contributed by atoms with Crippen LogP contribution in [0.1, 0.15) is 41.6 Å². The van der Waals surface area contributed by atoms with Gasteiger partial charge in [0.25, 0.3) is 0 Å². The molecule has 1 amide bonds. The molecule has 132 valence electrons. The largest absolute Gasteiger partial charge is 0.349 e. The van der Waals surface area contributed by atoms with E-state index in [1.54, 1.807) is 0 Å². The summed E-state index contributed by atoms with van der Waals surface area (Å²) in [6.07, 6.45) is 3.57. The van der Waals surface area contributed by atoms with Crippen molar-refractivity contribution in [2.75, 3.05) is 5.75 Å². The Bertz CT molecular complexity index is 758. The quantitative estimate of drug-likeness (QED) is 0.692. The third-order valence-electron chi connectivity index (χ3n) is 4.54. The molecule has 2 aromatic carbocycles. The van der Waals surface area contributed by atoms with Crippen LogP contribution in [0.5, 0.6) is 0 Å². The lowest BCUT2D eigenvalue weighted by Gasteiger charge is -2.16. The van der Waals surface area contributed by atoms with E-state index in [-0.39, 0.29) is 11.9 Å². The van der Waals surface area contributed by atoms with Crippen LogP contribution < -0.4 is 5.32 Å². The lowest BCUT2D eigenvalue weighted by Crippen LogP contribution is -2.28. The van der Waals surface area contributed by atoms with E-state index in [0.29, 0.717) is 21.6 Å². The van der Waals surface area contributed by atoms with Gasteiger partial charge in [0.05, 0.1) is 11.8 Å². The lowest BCUT2D eigenvalue weighted by atomic mass is 10.0. The Morgan fingerprint density at radius 1 is 1.16 bits per heavy atom. The molecule has 1 N–H and O–H groups in total. The van der Waals surface area contributed by atoms with Gasteiger partial charge in [-0.25, -0.2) is 0 Å². The van der Waals surface area contributed by atoms with Gasteiger partial charge in [0.15, 0.2) is 0 Å². The van der Waals surface area contributed by atoms with Crippen molar-refractivity contribution in [1.82, 2.24) is 5.32 Å². The molecular weight excluding hydrogens is 373 g/mol. The molecule has 0 heterocycles. The number of hydrogen-bond acceptors (Lipinski definition) is 2. The van der Waals surface area contributed by atoms with Gasteiger partial charge in [-0.3, -0.25) is 4.79 Å². The molecule has 1 aliphatic rings. The zero-order valence-corrected chi connectivity index (χ0v) is 16.5. The molecule has 25 heavy (non-hydrogen) atoms. The summed E-state index contributed by atoms with van der Waals surface area (Å²) >= 11 is 13.8. The number of carbonyl (C=O) groups excluding carboxylic acids is 1. The van der Waals surface area contributed by atoms with Crippen molar-refractivity contribution in [2.45, 2.75) is 38.0 Å². The third-order valence-corrected chi connectivity index (χ3v) is 6.21. The molecule has 0 spiro atoms. The monoisotopic (exact) mass is 393 g/mol. The zero-order chi connectivity index (χ0) is 17.8. The number of rotatable bonds is 6. The number of hydrogen-bond donors (Lipinski definition) is 1. The van der Waals surface area contributed by atoms with Gasteiger partial charge in [0.2, 0.25) is 5.91 Å². The molecule has 2 aromatic rings. The molecule has 1 aliphatic carbocycles. The van der Waals surface area contributed by atoms with Crippen LogP contribution in [-0.4, -0.2) is 11.7 Å². The highest BCUT2D eigenvalue weighted by molar-refractivity contribution is 7.99. The van der Waals surface area contributed by atoms with E-state index in [2.05, 4.69) is 23.5 Å². The van der Waals surface area contributed by atoms with Gasteiger partial charge in [-0.15, -0.1) is 11.8 Å². The number of nitrogens with one attached hydrogen (secondary N) is 1. The number of carbonyl (C=O) groups is 1. The lowest BCUT2D eigenvalue weighted by molar-refractivity contribution is -0.119. The van der Waals surface area contributed by atoms with Crippen LogP contribution >= 0.6 is 35.0 Å². The van der Waals surface area contributed by atoms with Gasteiger partial charge in [-0.05, 0) is 60.6 Å². The van der Waals surface area contributed by atoms with Crippen LogP contribution in [0.15, 0.2) is 36.4 Å². The SMILES string of the molecule is C[C@@H](NC(=O)CSCc1c(Cl)cccc1Cl)c1ccc2c(c1)CCC2. The summed E-state index contributed by atoms with van der Waals surface area (Å²) in [5.74, 6) is 1.04. The first-order valence-corrected chi connectivity index (χ1v) is 10.4. The molecule has 5 heteroatoms. The fraction of sp³-hybridized carbons (Fsp3) is 0.350. The van der Waals surface area contributed by atoms with Crippen molar-refractivity contribution < 1.29 is 4.79 Å². The maximum atomic E-state index is 12.2. The first kappa shape index (κ1) is 18.6. The van der Waals surface area contributed by atoms with Crippen molar-refractivity contribution in [1.29, 1.82) is 0 Å². The van der Waals surface area contributed by atoms with E-state index in [9.17, 15) is 4.79 Å². The van der Waals surface area contributed by atoms with E-state index in [0.717, 1.165) is 12.0 Å². The fourth-order valence-corrected chi connectivity index (χ4v) is 4.72. The highest BCUT2D eigenvalue weighted by Gasteiger charge is 2.15. The molecule has 3 rings (SSSR count). The number of thioether (sulfide) groups is 1. The van der Waals surface area contributed by atoms with Crippen LogP contribution in [0.25, 0.3) is 0 Å². The van der Waals surface area contributed by atoms with Gasteiger partial charge in [-0.2, -0.15) is 0 Å². The van der Waals surface area contributed by atoms with Crippen molar-refractivity contribution >= 4 is 40.9 Å². The Hall–Kier alpha value is -1.16. The summed E-state index contributed by atoms with van der Waals surface area (Å²) in [4.78, 5) is 12.2. The minimum atomic E-state index is 0.0166. The van der Waals surface area contributed by atoms with Crippen molar-refractivity contribution in [3.63, 3.8) is 0 Å². The molecule has 0 radical (unpaired) electrons. The summed E-state index contributed by atoms with van der Waals surface area (Å²) in [6, 6.07) is 12.1. The highest BCUT2D eigenvalue weighted by atomic mass is 35.5. The maximum absolute atomic E-state index is 12.2. The molecule has 0 aromatic heterocycles. The van der Waals surface area contributed by atoms with Crippen molar-refractivity contribution in [3.8, 4) is 0 Å². The van der Waals surface area contributed by atoms with Crippen molar-refractivity contribution in [2.24, 2.45) is 0 Å².